The molecule has 2 N–H and O–H groups in total. The third-order valence-electron chi connectivity index (χ3n) is 2.82. The Hall–Kier alpha value is -1.73. The maximum Gasteiger partial charge on any atom is 0.257 e. The zero-order chi connectivity index (χ0) is 15.8. The van der Waals surface area contributed by atoms with Crippen molar-refractivity contribution in [3.63, 3.8) is 0 Å². The number of anilines is 1. The highest BCUT2D eigenvalue weighted by molar-refractivity contribution is 5.98. The van der Waals surface area contributed by atoms with Gasteiger partial charge in [-0.3, -0.25) is 4.79 Å². The SMILES string of the molecule is CCCNc1ncc(F)cc1C(=O)N(C)CC(O)COC. The number of aromatic nitrogens is 1. The van der Waals surface area contributed by atoms with Crippen LogP contribution in [0.25, 0.3) is 0 Å². The van der Waals surface area contributed by atoms with Gasteiger partial charge in [0.25, 0.3) is 5.91 Å². The number of rotatable bonds is 8. The van der Waals surface area contributed by atoms with E-state index in [-0.39, 0.29) is 18.7 Å². The highest BCUT2D eigenvalue weighted by Crippen LogP contribution is 2.16. The number of methoxy groups -OCH3 is 1. The minimum atomic E-state index is -0.794. The van der Waals surface area contributed by atoms with Crippen LogP contribution in [0.3, 0.4) is 0 Å². The predicted molar refractivity (Wildman–Crippen MR) is 77.8 cm³/mol. The van der Waals surface area contributed by atoms with Crippen LogP contribution in [0.5, 0.6) is 0 Å². The molecule has 0 bridgehead atoms. The van der Waals surface area contributed by atoms with Gasteiger partial charge in [-0.2, -0.15) is 0 Å². The van der Waals surface area contributed by atoms with Gasteiger partial charge in [0, 0.05) is 27.2 Å². The number of ether oxygens (including phenoxy) is 1. The van der Waals surface area contributed by atoms with Crippen molar-refractivity contribution in [2.45, 2.75) is 19.4 Å². The van der Waals surface area contributed by atoms with Crippen LogP contribution < -0.4 is 5.32 Å². The van der Waals surface area contributed by atoms with E-state index in [9.17, 15) is 14.3 Å². The fraction of sp³-hybridized carbons (Fsp3) is 0.571. The molecule has 1 atom stereocenters. The summed E-state index contributed by atoms with van der Waals surface area (Å²) in [4.78, 5) is 17.6. The number of aliphatic hydroxyl groups excluding tert-OH is 1. The topological polar surface area (TPSA) is 74.7 Å². The van der Waals surface area contributed by atoms with Crippen molar-refractivity contribution < 1.29 is 19.0 Å². The first-order valence-electron chi connectivity index (χ1n) is 6.81. The third-order valence-corrected chi connectivity index (χ3v) is 2.82. The number of hydrogen-bond donors (Lipinski definition) is 2. The number of nitrogens with zero attached hydrogens (tertiary/aromatic N) is 2. The highest BCUT2D eigenvalue weighted by Gasteiger charge is 2.20. The second-order valence-corrected chi connectivity index (χ2v) is 4.77. The summed E-state index contributed by atoms with van der Waals surface area (Å²) < 4.78 is 18.2. The number of pyridine rings is 1. The standard InChI is InChI=1S/C14H22FN3O3/c1-4-5-16-13-12(6-10(15)7-17-13)14(20)18(2)8-11(19)9-21-3/h6-7,11,19H,4-5,8-9H2,1-3H3,(H,16,17). The molecule has 0 aromatic carbocycles. The molecule has 0 saturated heterocycles. The molecule has 0 aliphatic heterocycles. The molecule has 1 aromatic rings. The van der Waals surface area contributed by atoms with Crippen LogP contribution in [-0.4, -0.2) is 60.9 Å². The van der Waals surface area contributed by atoms with Gasteiger partial charge < -0.3 is 20.1 Å². The molecule has 0 spiro atoms. The Morgan fingerprint density at radius 1 is 1.62 bits per heavy atom. The van der Waals surface area contributed by atoms with E-state index in [0.717, 1.165) is 18.7 Å². The van der Waals surface area contributed by atoms with Crippen molar-refractivity contribution in [3.8, 4) is 0 Å². The monoisotopic (exact) mass is 299 g/mol. The normalized spacial score (nSPS) is 12.0. The molecule has 6 nitrogen and oxygen atoms in total. The fourth-order valence-electron chi connectivity index (χ4n) is 1.84. The van der Waals surface area contributed by atoms with Gasteiger partial charge in [-0.25, -0.2) is 9.37 Å². The molecule has 0 radical (unpaired) electrons. The number of halogens is 1. The van der Waals surface area contributed by atoms with Gasteiger partial charge in [0.1, 0.15) is 11.6 Å². The van der Waals surface area contributed by atoms with Crippen molar-refractivity contribution in [2.24, 2.45) is 0 Å². The number of amides is 1. The van der Waals surface area contributed by atoms with Gasteiger partial charge in [-0.1, -0.05) is 6.92 Å². The summed E-state index contributed by atoms with van der Waals surface area (Å²) in [5, 5.41) is 12.6. The first-order valence-corrected chi connectivity index (χ1v) is 6.81. The summed E-state index contributed by atoms with van der Waals surface area (Å²) in [6, 6.07) is 1.15. The van der Waals surface area contributed by atoms with Gasteiger partial charge in [-0.05, 0) is 12.5 Å². The van der Waals surface area contributed by atoms with Crippen molar-refractivity contribution in [2.75, 3.05) is 39.2 Å². The summed E-state index contributed by atoms with van der Waals surface area (Å²) in [6.45, 7) is 2.83. The van der Waals surface area contributed by atoms with E-state index in [4.69, 9.17) is 4.74 Å². The lowest BCUT2D eigenvalue weighted by molar-refractivity contribution is 0.0380. The van der Waals surface area contributed by atoms with Crippen LogP contribution >= 0.6 is 0 Å². The third kappa shape index (κ3) is 5.28. The second-order valence-electron chi connectivity index (χ2n) is 4.77. The van der Waals surface area contributed by atoms with Crippen LogP contribution in [0.15, 0.2) is 12.3 Å². The number of aliphatic hydroxyl groups is 1. The number of likely N-dealkylation sites (N-methyl/N-ethyl adjacent to an activating group) is 1. The molecule has 1 rings (SSSR count). The molecular weight excluding hydrogens is 277 g/mol. The van der Waals surface area contributed by atoms with E-state index in [1.54, 1.807) is 0 Å². The number of carbonyl (C=O) groups is 1. The van der Waals surface area contributed by atoms with Crippen LogP contribution in [0.4, 0.5) is 10.2 Å². The Balaban J connectivity index is 2.86. The van der Waals surface area contributed by atoms with Gasteiger partial charge in [0.15, 0.2) is 0 Å². The molecule has 0 fully saturated rings. The van der Waals surface area contributed by atoms with Crippen molar-refractivity contribution >= 4 is 11.7 Å². The number of carbonyl (C=O) groups excluding carboxylic acids is 1. The van der Waals surface area contributed by atoms with Gasteiger partial charge >= 0.3 is 0 Å². The summed E-state index contributed by atoms with van der Waals surface area (Å²) in [7, 11) is 3.00. The van der Waals surface area contributed by atoms with E-state index in [1.807, 2.05) is 6.92 Å². The molecule has 1 amide bonds. The zero-order valence-corrected chi connectivity index (χ0v) is 12.6. The lowest BCUT2D eigenvalue weighted by Crippen LogP contribution is -2.36. The summed E-state index contributed by atoms with van der Waals surface area (Å²) in [5.74, 6) is -0.640. The average molecular weight is 299 g/mol. The Morgan fingerprint density at radius 2 is 2.33 bits per heavy atom. The van der Waals surface area contributed by atoms with Crippen LogP contribution in [0.2, 0.25) is 0 Å². The van der Waals surface area contributed by atoms with Gasteiger partial charge in [0.2, 0.25) is 0 Å². The maximum atomic E-state index is 13.3. The largest absolute Gasteiger partial charge is 0.389 e. The minimum absolute atomic E-state index is 0.0937. The highest BCUT2D eigenvalue weighted by atomic mass is 19.1. The molecule has 0 saturated carbocycles. The predicted octanol–water partition coefficient (Wildman–Crippen LogP) is 1.12. The van der Waals surface area contributed by atoms with E-state index >= 15 is 0 Å². The summed E-state index contributed by atoms with van der Waals surface area (Å²) in [6.07, 6.45) is 1.13. The molecule has 7 heteroatoms. The maximum absolute atomic E-state index is 13.3. The quantitative estimate of drug-likeness (QED) is 0.752. The van der Waals surface area contributed by atoms with Gasteiger partial charge in [0.05, 0.1) is 24.5 Å². The molecule has 1 heterocycles. The molecular formula is C14H22FN3O3. The van der Waals surface area contributed by atoms with Crippen molar-refractivity contribution in [3.05, 3.63) is 23.6 Å². The first kappa shape index (κ1) is 17.3. The Kier molecular flexibility index (Phi) is 7.04. The van der Waals surface area contributed by atoms with Gasteiger partial charge in [-0.15, -0.1) is 0 Å². The summed E-state index contributed by atoms with van der Waals surface area (Å²) >= 11 is 0. The Morgan fingerprint density at radius 3 is 2.95 bits per heavy atom. The number of hydrogen-bond acceptors (Lipinski definition) is 5. The van der Waals surface area contributed by atoms with Crippen molar-refractivity contribution in [1.29, 1.82) is 0 Å². The molecule has 21 heavy (non-hydrogen) atoms. The zero-order valence-electron chi connectivity index (χ0n) is 12.6. The van der Waals surface area contributed by atoms with E-state index in [0.29, 0.717) is 12.4 Å². The fourth-order valence-corrected chi connectivity index (χ4v) is 1.84. The van der Waals surface area contributed by atoms with E-state index in [1.165, 1.54) is 19.1 Å². The number of nitrogens with one attached hydrogen (secondary N) is 1. The van der Waals surface area contributed by atoms with Crippen LogP contribution in [0, 0.1) is 5.82 Å². The summed E-state index contributed by atoms with van der Waals surface area (Å²) in [5.41, 5.74) is 0.149. The minimum Gasteiger partial charge on any atom is -0.389 e. The smallest absolute Gasteiger partial charge is 0.257 e. The Labute approximate surface area is 123 Å². The lowest BCUT2D eigenvalue weighted by Gasteiger charge is -2.21. The molecule has 1 aromatic heterocycles. The molecule has 0 aliphatic rings. The van der Waals surface area contributed by atoms with E-state index in [2.05, 4.69) is 10.3 Å². The van der Waals surface area contributed by atoms with Crippen LogP contribution in [0.1, 0.15) is 23.7 Å². The van der Waals surface area contributed by atoms with E-state index < -0.39 is 17.8 Å². The Bertz CT molecular complexity index is 471. The second kappa shape index (κ2) is 8.53. The molecule has 1 unspecified atom stereocenters. The molecule has 0 aliphatic carbocycles. The first-order chi connectivity index (χ1) is 9.99. The van der Waals surface area contributed by atoms with Crippen LogP contribution in [-0.2, 0) is 4.74 Å². The average Bonchev–Trinajstić information content (AvgIpc) is 2.45. The lowest BCUT2D eigenvalue weighted by atomic mass is 10.2. The molecule has 118 valence electrons. The van der Waals surface area contributed by atoms with Crippen molar-refractivity contribution in [1.82, 2.24) is 9.88 Å².